The van der Waals surface area contributed by atoms with Gasteiger partial charge in [-0.05, 0) is 40.9 Å². The molecule has 1 aromatic carbocycles. The van der Waals surface area contributed by atoms with Crippen LogP contribution in [0.3, 0.4) is 0 Å². The minimum atomic E-state index is 0.320. The molecule has 0 amide bonds. The van der Waals surface area contributed by atoms with Crippen molar-refractivity contribution in [3.63, 3.8) is 0 Å². The fourth-order valence-electron chi connectivity index (χ4n) is 1.90. The minimum absolute atomic E-state index is 0.320. The van der Waals surface area contributed by atoms with Gasteiger partial charge in [-0.25, -0.2) is 0 Å². The number of anilines is 1. The second-order valence-corrected chi connectivity index (χ2v) is 5.63. The van der Waals surface area contributed by atoms with Gasteiger partial charge in [0, 0.05) is 23.6 Å². The van der Waals surface area contributed by atoms with Gasteiger partial charge in [-0.15, -0.1) is 0 Å². The number of hydrogen-bond donors (Lipinski definition) is 1. The maximum absolute atomic E-state index is 6.23. The topological polar surface area (TPSA) is 29.3 Å². The molecular weight excluding hydrogens is 311 g/mol. The van der Waals surface area contributed by atoms with Gasteiger partial charge in [-0.2, -0.15) is 0 Å². The first-order valence-corrected chi connectivity index (χ1v) is 6.78. The van der Waals surface area contributed by atoms with Gasteiger partial charge in [-0.1, -0.05) is 23.2 Å². The molecule has 0 atom stereocenters. The highest BCUT2D eigenvalue weighted by Crippen LogP contribution is 2.38. The lowest BCUT2D eigenvalue weighted by molar-refractivity contribution is 0.501. The fourth-order valence-corrected chi connectivity index (χ4v) is 2.79. The summed E-state index contributed by atoms with van der Waals surface area (Å²) in [4.78, 5) is 2.24. The highest BCUT2D eigenvalue weighted by molar-refractivity contribution is 9.10. The fraction of sp³-hybridized carbons (Fsp3) is 0.455. The summed E-state index contributed by atoms with van der Waals surface area (Å²) in [6, 6.07) is 4.24. The van der Waals surface area contributed by atoms with Gasteiger partial charge in [0.2, 0.25) is 0 Å². The first kappa shape index (κ1) is 12.5. The third-order valence-corrected chi connectivity index (χ3v) is 4.66. The zero-order valence-electron chi connectivity index (χ0n) is 8.72. The highest BCUT2D eigenvalue weighted by Gasteiger charge is 2.19. The molecule has 0 aliphatic carbocycles. The van der Waals surface area contributed by atoms with E-state index in [4.69, 9.17) is 28.9 Å². The van der Waals surface area contributed by atoms with Gasteiger partial charge < -0.3 is 10.6 Å². The second kappa shape index (κ2) is 5.13. The molecule has 0 bridgehead atoms. The number of hydrogen-bond acceptors (Lipinski definition) is 2. The van der Waals surface area contributed by atoms with Gasteiger partial charge in [0.15, 0.2) is 0 Å². The summed E-state index contributed by atoms with van der Waals surface area (Å²) >= 11 is 15.7. The van der Waals surface area contributed by atoms with Crippen molar-refractivity contribution < 1.29 is 0 Å². The molecule has 2 rings (SSSR count). The van der Waals surface area contributed by atoms with Gasteiger partial charge in [-0.3, -0.25) is 0 Å². The van der Waals surface area contributed by atoms with Crippen molar-refractivity contribution in [1.82, 2.24) is 0 Å². The lowest BCUT2D eigenvalue weighted by Gasteiger charge is -2.32. The molecule has 1 saturated heterocycles. The zero-order valence-corrected chi connectivity index (χ0v) is 11.8. The van der Waals surface area contributed by atoms with E-state index in [2.05, 4.69) is 20.8 Å². The molecule has 88 valence electrons. The molecule has 1 aliphatic rings. The summed E-state index contributed by atoms with van der Waals surface area (Å²) in [5.74, 6) is 0. The Morgan fingerprint density at radius 2 is 1.81 bits per heavy atom. The van der Waals surface area contributed by atoms with Crippen LogP contribution in [0.15, 0.2) is 16.6 Å². The van der Waals surface area contributed by atoms with E-state index in [1.54, 1.807) is 0 Å². The Kier molecular flexibility index (Phi) is 4.01. The molecule has 0 unspecified atom stereocenters. The summed E-state index contributed by atoms with van der Waals surface area (Å²) in [6.07, 6.45) is 2.01. The monoisotopic (exact) mass is 322 g/mol. The van der Waals surface area contributed by atoms with Crippen molar-refractivity contribution in [3.8, 4) is 0 Å². The number of nitrogens with zero attached hydrogens (tertiary/aromatic N) is 1. The summed E-state index contributed by atoms with van der Waals surface area (Å²) in [5.41, 5.74) is 6.88. The Morgan fingerprint density at radius 3 is 2.44 bits per heavy atom. The molecule has 0 aromatic heterocycles. The van der Waals surface area contributed by atoms with Crippen molar-refractivity contribution in [1.29, 1.82) is 0 Å². The smallest absolute Gasteiger partial charge is 0.0837 e. The van der Waals surface area contributed by atoms with E-state index < -0.39 is 0 Å². The summed E-state index contributed by atoms with van der Waals surface area (Å²) in [6.45, 7) is 1.89. The van der Waals surface area contributed by atoms with Gasteiger partial charge in [0.1, 0.15) is 0 Å². The van der Waals surface area contributed by atoms with Crippen LogP contribution < -0.4 is 10.6 Å². The molecule has 1 fully saturated rings. The van der Waals surface area contributed by atoms with E-state index in [0.29, 0.717) is 16.1 Å². The summed E-state index contributed by atoms with van der Waals surface area (Å²) in [7, 11) is 0. The Hall–Kier alpha value is 0.0400. The second-order valence-electron chi connectivity index (χ2n) is 4.02. The SMILES string of the molecule is NC1CCN(c2ccc(Br)c(Cl)c2Cl)CC1. The Bertz CT molecular complexity index is 390. The van der Waals surface area contributed by atoms with E-state index in [1.807, 2.05) is 12.1 Å². The zero-order chi connectivity index (χ0) is 11.7. The molecule has 2 N–H and O–H groups in total. The molecule has 0 radical (unpaired) electrons. The number of piperidine rings is 1. The van der Waals surface area contributed by atoms with Crippen LogP contribution in [0, 0.1) is 0 Å². The van der Waals surface area contributed by atoms with Crippen molar-refractivity contribution in [3.05, 3.63) is 26.7 Å². The van der Waals surface area contributed by atoms with Crippen LogP contribution in [0.1, 0.15) is 12.8 Å². The number of benzene rings is 1. The van der Waals surface area contributed by atoms with E-state index in [-0.39, 0.29) is 0 Å². The predicted octanol–water partition coefficient (Wildman–Crippen LogP) is 3.68. The Morgan fingerprint density at radius 1 is 1.19 bits per heavy atom. The average molecular weight is 324 g/mol. The molecule has 0 saturated carbocycles. The largest absolute Gasteiger partial charge is 0.370 e. The molecule has 2 nitrogen and oxygen atoms in total. The van der Waals surface area contributed by atoms with Crippen molar-refractivity contribution >= 4 is 44.8 Å². The number of rotatable bonds is 1. The predicted molar refractivity (Wildman–Crippen MR) is 73.6 cm³/mol. The number of halogens is 3. The lowest BCUT2D eigenvalue weighted by Crippen LogP contribution is -2.39. The van der Waals surface area contributed by atoms with Crippen molar-refractivity contribution in [2.45, 2.75) is 18.9 Å². The van der Waals surface area contributed by atoms with Crippen LogP contribution in [0.2, 0.25) is 10.0 Å². The first-order valence-electron chi connectivity index (χ1n) is 5.23. The third-order valence-electron chi connectivity index (χ3n) is 2.90. The minimum Gasteiger partial charge on any atom is -0.370 e. The standard InChI is InChI=1S/C11H13BrCl2N2/c12-8-1-2-9(11(14)10(8)13)16-5-3-7(15)4-6-16/h1-2,7H,3-6,15H2. The van der Waals surface area contributed by atoms with E-state index in [9.17, 15) is 0 Å². The van der Waals surface area contributed by atoms with Crippen LogP contribution in [-0.4, -0.2) is 19.1 Å². The normalized spacial score (nSPS) is 17.9. The van der Waals surface area contributed by atoms with Crippen LogP contribution in [0.4, 0.5) is 5.69 Å². The Balaban J connectivity index is 2.24. The van der Waals surface area contributed by atoms with Crippen LogP contribution in [0.25, 0.3) is 0 Å². The van der Waals surface area contributed by atoms with Gasteiger partial charge in [0.05, 0.1) is 15.7 Å². The van der Waals surface area contributed by atoms with Crippen LogP contribution >= 0.6 is 39.1 Å². The van der Waals surface area contributed by atoms with E-state index in [1.165, 1.54) is 0 Å². The lowest BCUT2D eigenvalue weighted by atomic mass is 10.1. The van der Waals surface area contributed by atoms with Crippen LogP contribution in [0.5, 0.6) is 0 Å². The average Bonchev–Trinajstić information content (AvgIpc) is 2.28. The number of nitrogens with two attached hydrogens (primary N) is 1. The summed E-state index contributed by atoms with van der Waals surface area (Å²) in [5, 5.41) is 1.19. The quantitative estimate of drug-likeness (QED) is 0.799. The molecular formula is C11H13BrCl2N2. The summed E-state index contributed by atoms with van der Waals surface area (Å²) < 4.78 is 0.830. The first-order chi connectivity index (χ1) is 7.59. The van der Waals surface area contributed by atoms with E-state index >= 15 is 0 Å². The highest BCUT2D eigenvalue weighted by atomic mass is 79.9. The Labute approximate surface area is 114 Å². The van der Waals surface area contributed by atoms with Crippen molar-refractivity contribution in [2.24, 2.45) is 5.73 Å². The van der Waals surface area contributed by atoms with Crippen molar-refractivity contribution in [2.75, 3.05) is 18.0 Å². The molecule has 1 aromatic rings. The maximum atomic E-state index is 6.23. The maximum Gasteiger partial charge on any atom is 0.0837 e. The van der Waals surface area contributed by atoms with Gasteiger partial charge >= 0.3 is 0 Å². The molecule has 1 aliphatic heterocycles. The molecule has 16 heavy (non-hydrogen) atoms. The van der Waals surface area contributed by atoms with Crippen LogP contribution in [-0.2, 0) is 0 Å². The van der Waals surface area contributed by atoms with Gasteiger partial charge in [0.25, 0.3) is 0 Å². The van der Waals surface area contributed by atoms with E-state index in [0.717, 1.165) is 36.1 Å². The molecule has 0 spiro atoms. The molecule has 5 heteroatoms. The molecule has 1 heterocycles. The third kappa shape index (κ3) is 2.48.